The first-order valence-electron chi connectivity index (χ1n) is 13.2. The minimum absolute atomic E-state index is 0.0156. The molecular weight excluding hydrogens is 456 g/mol. The fraction of sp³-hybridized carbons (Fsp3) is 1.00. The second-order valence-corrected chi connectivity index (χ2v) is 10.8. The molecule has 204 valence electrons. The molecule has 0 spiro atoms. The molecule has 35 heavy (non-hydrogen) atoms. The number of fused-ring (bicyclic) bond motifs is 1. The van der Waals surface area contributed by atoms with Crippen molar-refractivity contribution in [3.05, 3.63) is 0 Å². The summed E-state index contributed by atoms with van der Waals surface area (Å²) in [4.78, 5) is 0. The number of hydrogen-bond donors (Lipinski definition) is 9. The highest BCUT2D eigenvalue weighted by molar-refractivity contribution is 5.00. The summed E-state index contributed by atoms with van der Waals surface area (Å²) in [5.74, 6) is 0.732. The molecule has 2 aliphatic heterocycles. The fourth-order valence-electron chi connectivity index (χ4n) is 6.18. The lowest BCUT2D eigenvalue weighted by Gasteiger charge is -2.46. The van der Waals surface area contributed by atoms with E-state index in [9.17, 15) is 15.3 Å². The lowest BCUT2D eigenvalue weighted by Crippen LogP contribution is -2.67. The Balaban J connectivity index is 1.31. The van der Waals surface area contributed by atoms with Crippen molar-refractivity contribution in [3.63, 3.8) is 0 Å². The Labute approximate surface area is 207 Å². The summed E-state index contributed by atoms with van der Waals surface area (Å²) in [5.41, 5.74) is 24.2. The molecule has 2 aliphatic carbocycles. The molecule has 0 bridgehead atoms. The average molecular weight is 503 g/mol. The summed E-state index contributed by atoms with van der Waals surface area (Å²) < 4.78 is 17.9. The van der Waals surface area contributed by atoms with Crippen molar-refractivity contribution in [2.75, 3.05) is 26.2 Å². The van der Waals surface area contributed by atoms with Crippen LogP contribution in [0.4, 0.5) is 0 Å². The molecule has 0 aromatic heterocycles. The van der Waals surface area contributed by atoms with Gasteiger partial charge in [0.1, 0.15) is 30.5 Å². The monoisotopic (exact) mass is 502 g/mol. The molecule has 2 saturated carbocycles. The van der Waals surface area contributed by atoms with Crippen molar-refractivity contribution < 1.29 is 29.5 Å². The number of aliphatic hydroxyl groups is 3. The summed E-state index contributed by atoms with van der Waals surface area (Å²) in [6.45, 7) is 1.89. The van der Waals surface area contributed by atoms with Gasteiger partial charge in [-0.1, -0.05) is 12.8 Å². The summed E-state index contributed by atoms with van der Waals surface area (Å²) >= 11 is 0. The Morgan fingerprint density at radius 1 is 0.943 bits per heavy atom. The van der Waals surface area contributed by atoms with Gasteiger partial charge in [-0.25, -0.2) is 0 Å². The molecular formula is C23H46N6O6. The molecule has 0 radical (unpaired) electrons. The van der Waals surface area contributed by atoms with Crippen LogP contribution in [0.25, 0.3) is 0 Å². The molecule has 12 nitrogen and oxygen atoms in total. The van der Waals surface area contributed by atoms with E-state index in [0.29, 0.717) is 31.7 Å². The van der Waals surface area contributed by atoms with Gasteiger partial charge in [0.15, 0.2) is 6.29 Å². The van der Waals surface area contributed by atoms with Crippen molar-refractivity contribution in [1.29, 1.82) is 0 Å². The molecule has 0 aromatic carbocycles. The van der Waals surface area contributed by atoms with Gasteiger partial charge in [-0.2, -0.15) is 0 Å². The summed E-state index contributed by atoms with van der Waals surface area (Å²) in [6, 6.07) is -1.06. The topological polar surface area (TPSA) is 217 Å². The van der Waals surface area contributed by atoms with Crippen LogP contribution in [0, 0.1) is 5.92 Å². The first-order chi connectivity index (χ1) is 16.8. The summed E-state index contributed by atoms with van der Waals surface area (Å²) in [5, 5.41) is 38.5. The second kappa shape index (κ2) is 12.4. The van der Waals surface area contributed by atoms with Crippen LogP contribution >= 0.6 is 0 Å². The Kier molecular flexibility index (Phi) is 9.74. The van der Waals surface area contributed by atoms with Gasteiger partial charge >= 0.3 is 0 Å². The van der Waals surface area contributed by atoms with Gasteiger partial charge in [-0.3, -0.25) is 0 Å². The average Bonchev–Trinajstić information content (AvgIpc) is 2.86. The zero-order valence-corrected chi connectivity index (χ0v) is 20.5. The largest absolute Gasteiger partial charge is 0.389 e. The highest BCUT2D eigenvalue weighted by Crippen LogP contribution is 2.31. The second-order valence-electron chi connectivity index (χ2n) is 10.8. The summed E-state index contributed by atoms with van der Waals surface area (Å²) in [6.07, 6.45) is -0.242. The van der Waals surface area contributed by atoms with Gasteiger partial charge in [-0.15, -0.1) is 0 Å². The Hall–Kier alpha value is -0.480. The van der Waals surface area contributed by atoms with Crippen LogP contribution in [0.1, 0.15) is 38.5 Å². The van der Waals surface area contributed by atoms with Crippen LogP contribution in [-0.4, -0.2) is 115 Å². The molecule has 0 amide bonds. The number of piperidine rings is 1. The third kappa shape index (κ3) is 6.33. The molecule has 4 aliphatic rings. The van der Waals surface area contributed by atoms with Crippen LogP contribution in [0.2, 0.25) is 0 Å². The smallest absolute Gasteiger partial charge is 0.176 e. The Morgan fingerprint density at radius 3 is 2.49 bits per heavy atom. The number of nitrogens with one attached hydrogen (secondary N) is 2. The maximum absolute atomic E-state index is 10.8. The molecule has 4 rings (SSSR count). The predicted octanol–water partition coefficient (Wildman–Crippen LogP) is -3.58. The Morgan fingerprint density at radius 2 is 1.71 bits per heavy atom. The normalized spacial score (nSPS) is 48.9. The van der Waals surface area contributed by atoms with E-state index in [1.54, 1.807) is 0 Å². The van der Waals surface area contributed by atoms with Gasteiger partial charge < -0.3 is 63.1 Å². The van der Waals surface area contributed by atoms with E-state index in [-0.39, 0.29) is 6.54 Å². The van der Waals surface area contributed by atoms with Crippen molar-refractivity contribution in [1.82, 2.24) is 10.6 Å². The number of nitrogens with two attached hydrogens (primary N) is 4. The maximum atomic E-state index is 10.8. The Bertz CT molecular complexity index is 664. The zero-order valence-electron chi connectivity index (χ0n) is 20.5. The fourth-order valence-corrected chi connectivity index (χ4v) is 6.18. The van der Waals surface area contributed by atoms with Crippen molar-refractivity contribution >= 4 is 0 Å². The van der Waals surface area contributed by atoms with Gasteiger partial charge in [0, 0.05) is 43.8 Å². The van der Waals surface area contributed by atoms with Gasteiger partial charge in [-0.05, 0) is 31.6 Å². The van der Waals surface area contributed by atoms with Gasteiger partial charge in [0.2, 0.25) is 0 Å². The number of rotatable bonds is 8. The molecule has 13 N–H and O–H groups in total. The van der Waals surface area contributed by atoms with E-state index in [0.717, 1.165) is 12.5 Å². The van der Waals surface area contributed by atoms with E-state index < -0.39 is 61.0 Å². The van der Waals surface area contributed by atoms with E-state index in [4.69, 9.17) is 37.1 Å². The van der Waals surface area contributed by atoms with Gasteiger partial charge in [0.05, 0.1) is 18.8 Å². The maximum Gasteiger partial charge on any atom is 0.176 e. The molecule has 2 saturated heterocycles. The molecule has 0 aromatic rings. The van der Waals surface area contributed by atoms with E-state index in [1.165, 1.54) is 32.1 Å². The zero-order chi connectivity index (χ0) is 25.1. The van der Waals surface area contributed by atoms with Crippen molar-refractivity contribution in [2.24, 2.45) is 28.9 Å². The van der Waals surface area contributed by atoms with Gasteiger partial charge in [0.25, 0.3) is 0 Å². The van der Waals surface area contributed by atoms with Crippen LogP contribution in [-0.2, 0) is 14.2 Å². The van der Waals surface area contributed by atoms with E-state index in [2.05, 4.69) is 10.6 Å². The van der Waals surface area contributed by atoms with Crippen molar-refractivity contribution in [2.45, 2.75) is 112 Å². The lowest BCUT2D eigenvalue weighted by atomic mass is 9.78. The third-order valence-electron chi connectivity index (χ3n) is 8.31. The third-order valence-corrected chi connectivity index (χ3v) is 8.31. The highest BCUT2D eigenvalue weighted by atomic mass is 16.7. The SMILES string of the molecule is NC[C@H]1O[C@H](O[C@H]2[C@H](OCCNC3CNC4CCCCC4C3)[C@@H](O)[C@H](N)C[C@@H]2N)[C@H](N)[C@@H](O)[C@@H]1O. The predicted molar refractivity (Wildman–Crippen MR) is 129 cm³/mol. The van der Waals surface area contributed by atoms with Crippen LogP contribution < -0.4 is 33.6 Å². The standard InChI is InChI=1S/C23H46N6O6/c24-9-16-19(31)20(32)17(27)23(34-16)35-21-14(26)8-13(25)18(30)22(21)33-6-5-28-12-7-11-3-1-2-4-15(11)29-10-12/h11-23,28-32H,1-10,24-27H2/t11?,12?,13-,14+,15?,16-,17-,18+,19-,20-,21-,22-,23-/m1/s1. The van der Waals surface area contributed by atoms with E-state index >= 15 is 0 Å². The minimum atomic E-state index is -1.27. The molecule has 2 heterocycles. The quantitative estimate of drug-likeness (QED) is 0.147. The highest BCUT2D eigenvalue weighted by Gasteiger charge is 2.48. The minimum Gasteiger partial charge on any atom is -0.389 e. The molecule has 4 fully saturated rings. The lowest BCUT2D eigenvalue weighted by molar-refractivity contribution is -0.291. The molecule has 3 unspecified atom stereocenters. The molecule has 13 atom stereocenters. The number of aliphatic hydroxyl groups excluding tert-OH is 3. The first kappa shape index (κ1) is 27.6. The van der Waals surface area contributed by atoms with Crippen LogP contribution in [0.5, 0.6) is 0 Å². The van der Waals surface area contributed by atoms with Crippen LogP contribution in [0.3, 0.4) is 0 Å². The number of hydrogen-bond acceptors (Lipinski definition) is 12. The number of ether oxygens (including phenoxy) is 3. The van der Waals surface area contributed by atoms with E-state index in [1.807, 2.05) is 0 Å². The first-order valence-corrected chi connectivity index (χ1v) is 13.2. The van der Waals surface area contributed by atoms with Crippen LogP contribution in [0.15, 0.2) is 0 Å². The summed E-state index contributed by atoms with van der Waals surface area (Å²) in [7, 11) is 0. The van der Waals surface area contributed by atoms with Crippen molar-refractivity contribution in [3.8, 4) is 0 Å². The molecule has 12 heteroatoms.